The smallest absolute Gasteiger partial charge is 0.308 e. The summed E-state index contributed by atoms with van der Waals surface area (Å²) >= 11 is 0. The number of anilines is 1. The lowest BCUT2D eigenvalue weighted by atomic mass is 10.0. The zero-order valence-corrected chi connectivity index (χ0v) is 11.3. The Balaban J connectivity index is 1.84. The Bertz CT molecular complexity index is 502. The molecular formula is C15H20N2O3. The molecule has 108 valence electrons. The van der Waals surface area contributed by atoms with Crippen molar-refractivity contribution in [3.05, 3.63) is 29.8 Å². The van der Waals surface area contributed by atoms with Gasteiger partial charge in [0.1, 0.15) is 0 Å². The average Bonchev–Trinajstić information content (AvgIpc) is 2.86. The molecule has 4 N–H and O–H groups in total. The molecule has 1 saturated carbocycles. The van der Waals surface area contributed by atoms with Crippen LogP contribution >= 0.6 is 0 Å². The van der Waals surface area contributed by atoms with E-state index < -0.39 is 11.9 Å². The molecule has 0 radical (unpaired) electrons. The number of carboxylic acid groups (broad SMARTS) is 1. The molecule has 1 aromatic carbocycles. The number of rotatable bonds is 5. The van der Waals surface area contributed by atoms with Crippen LogP contribution in [0.25, 0.3) is 0 Å². The summed E-state index contributed by atoms with van der Waals surface area (Å²) in [6.45, 7) is 0. The highest BCUT2D eigenvalue weighted by molar-refractivity contribution is 5.78. The lowest BCUT2D eigenvalue weighted by Crippen LogP contribution is -2.40. The van der Waals surface area contributed by atoms with Crippen molar-refractivity contribution in [1.29, 1.82) is 0 Å². The minimum Gasteiger partial charge on any atom is -0.481 e. The van der Waals surface area contributed by atoms with Gasteiger partial charge in [0.05, 0.1) is 5.92 Å². The van der Waals surface area contributed by atoms with Gasteiger partial charge in [-0.2, -0.15) is 0 Å². The van der Waals surface area contributed by atoms with Crippen LogP contribution in [0.3, 0.4) is 0 Å². The third-order valence-electron chi connectivity index (χ3n) is 3.86. The first-order valence-electron chi connectivity index (χ1n) is 6.93. The van der Waals surface area contributed by atoms with Crippen molar-refractivity contribution in [2.75, 3.05) is 5.73 Å². The maximum atomic E-state index is 11.9. The van der Waals surface area contributed by atoms with Gasteiger partial charge in [0, 0.05) is 18.2 Å². The summed E-state index contributed by atoms with van der Waals surface area (Å²) in [6, 6.07) is 7.23. The van der Waals surface area contributed by atoms with Crippen molar-refractivity contribution < 1.29 is 14.7 Å². The van der Waals surface area contributed by atoms with E-state index in [1.807, 2.05) is 24.3 Å². The Labute approximate surface area is 118 Å². The van der Waals surface area contributed by atoms with Gasteiger partial charge in [0.15, 0.2) is 0 Å². The Kier molecular flexibility index (Phi) is 4.61. The zero-order chi connectivity index (χ0) is 14.5. The van der Waals surface area contributed by atoms with E-state index in [-0.39, 0.29) is 11.9 Å². The van der Waals surface area contributed by atoms with E-state index in [1.165, 1.54) is 0 Å². The summed E-state index contributed by atoms with van der Waals surface area (Å²) < 4.78 is 0. The molecule has 1 fully saturated rings. The van der Waals surface area contributed by atoms with E-state index in [9.17, 15) is 9.59 Å². The fourth-order valence-corrected chi connectivity index (χ4v) is 2.72. The highest BCUT2D eigenvalue weighted by Gasteiger charge is 2.33. The van der Waals surface area contributed by atoms with Crippen LogP contribution in [0.15, 0.2) is 24.3 Å². The van der Waals surface area contributed by atoms with Crippen LogP contribution in [-0.2, 0) is 16.0 Å². The molecule has 2 unspecified atom stereocenters. The molecule has 1 aromatic rings. The van der Waals surface area contributed by atoms with Gasteiger partial charge in [-0.05, 0) is 30.9 Å². The SMILES string of the molecule is Nc1ccccc1CCC(=O)NC1CCCC1C(=O)O. The van der Waals surface area contributed by atoms with E-state index in [2.05, 4.69) is 5.32 Å². The molecule has 2 atom stereocenters. The van der Waals surface area contributed by atoms with Crippen molar-refractivity contribution in [3.63, 3.8) is 0 Å². The van der Waals surface area contributed by atoms with Crippen molar-refractivity contribution in [2.45, 2.75) is 38.1 Å². The number of nitrogen functional groups attached to an aromatic ring is 1. The second kappa shape index (κ2) is 6.41. The van der Waals surface area contributed by atoms with Crippen LogP contribution in [0.5, 0.6) is 0 Å². The lowest BCUT2D eigenvalue weighted by Gasteiger charge is -2.17. The maximum absolute atomic E-state index is 11.9. The molecule has 0 aromatic heterocycles. The van der Waals surface area contributed by atoms with Crippen LogP contribution in [-0.4, -0.2) is 23.0 Å². The summed E-state index contributed by atoms with van der Waals surface area (Å²) in [4.78, 5) is 23.0. The first-order valence-corrected chi connectivity index (χ1v) is 6.93. The second-order valence-electron chi connectivity index (χ2n) is 5.25. The molecule has 5 nitrogen and oxygen atoms in total. The molecule has 20 heavy (non-hydrogen) atoms. The predicted octanol–water partition coefficient (Wildman–Crippen LogP) is 1.57. The highest BCUT2D eigenvalue weighted by Crippen LogP contribution is 2.26. The topological polar surface area (TPSA) is 92.4 Å². The third-order valence-corrected chi connectivity index (χ3v) is 3.86. The second-order valence-corrected chi connectivity index (χ2v) is 5.25. The van der Waals surface area contributed by atoms with Gasteiger partial charge >= 0.3 is 5.97 Å². The quantitative estimate of drug-likeness (QED) is 0.712. The van der Waals surface area contributed by atoms with Crippen LogP contribution < -0.4 is 11.1 Å². The zero-order valence-electron chi connectivity index (χ0n) is 11.3. The number of amides is 1. The number of para-hydroxylation sites is 1. The summed E-state index contributed by atoms with van der Waals surface area (Å²) in [5, 5.41) is 11.9. The van der Waals surface area contributed by atoms with Crippen LogP contribution in [0.4, 0.5) is 5.69 Å². The van der Waals surface area contributed by atoms with E-state index in [4.69, 9.17) is 10.8 Å². The van der Waals surface area contributed by atoms with Crippen LogP contribution in [0.1, 0.15) is 31.2 Å². The van der Waals surface area contributed by atoms with Crippen molar-refractivity contribution >= 4 is 17.6 Å². The summed E-state index contributed by atoms with van der Waals surface area (Å²) in [7, 11) is 0. The molecule has 0 aliphatic heterocycles. The molecular weight excluding hydrogens is 256 g/mol. The molecule has 0 heterocycles. The highest BCUT2D eigenvalue weighted by atomic mass is 16.4. The van der Waals surface area contributed by atoms with Crippen molar-refractivity contribution in [2.24, 2.45) is 5.92 Å². The first-order chi connectivity index (χ1) is 9.58. The summed E-state index contributed by atoms with van der Waals surface area (Å²) in [5.41, 5.74) is 7.46. The molecule has 2 rings (SSSR count). The molecule has 1 aliphatic carbocycles. The van der Waals surface area contributed by atoms with Gasteiger partial charge in [0.25, 0.3) is 0 Å². The summed E-state index contributed by atoms with van der Waals surface area (Å²) in [6.07, 6.45) is 3.15. The average molecular weight is 276 g/mol. The summed E-state index contributed by atoms with van der Waals surface area (Å²) in [5.74, 6) is -1.37. The Morgan fingerprint density at radius 3 is 2.75 bits per heavy atom. The Hall–Kier alpha value is -2.04. The molecule has 0 spiro atoms. The number of carbonyl (C=O) groups is 2. The molecule has 1 amide bonds. The predicted molar refractivity (Wildman–Crippen MR) is 76.1 cm³/mol. The Morgan fingerprint density at radius 1 is 1.30 bits per heavy atom. The van der Waals surface area contributed by atoms with Gasteiger partial charge in [-0.1, -0.05) is 24.6 Å². The van der Waals surface area contributed by atoms with Crippen LogP contribution in [0, 0.1) is 5.92 Å². The molecule has 5 heteroatoms. The minimum absolute atomic E-state index is 0.105. The number of hydrogen-bond donors (Lipinski definition) is 3. The number of aliphatic carboxylic acids is 1. The first kappa shape index (κ1) is 14.4. The third kappa shape index (κ3) is 3.50. The number of nitrogens with two attached hydrogens (primary N) is 1. The number of aryl methyl sites for hydroxylation is 1. The normalized spacial score (nSPS) is 21.6. The molecule has 1 aliphatic rings. The number of carboxylic acids is 1. The van der Waals surface area contributed by atoms with Gasteiger partial charge in [0.2, 0.25) is 5.91 Å². The fraction of sp³-hybridized carbons (Fsp3) is 0.467. The van der Waals surface area contributed by atoms with Gasteiger partial charge in [-0.15, -0.1) is 0 Å². The Morgan fingerprint density at radius 2 is 2.05 bits per heavy atom. The van der Waals surface area contributed by atoms with Crippen LogP contribution in [0.2, 0.25) is 0 Å². The number of nitrogens with one attached hydrogen (secondary N) is 1. The molecule has 0 bridgehead atoms. The van der Waals surface area contributed by atoms with E-state index in [0.29, 0.717) is 24.9 Å². The maximum Gasteiger partial charge on any atom is 0.308 e. The minimum atomic E-state index is -0.819. The van der Waals surface area contributed by atoms with Gasteiger partial charge < -0.3 is 16.2 Å². The lowest BCUT2D eigenvalue weighted by molar-refractivity contribution is -0.142. The fourth-order valence-electron chi connectivity index (χ4n) is 2.72. The standard InChI is InChI=1S/C15H20N2O3/c16-12-6-2-1-4-10(12)8-9-14(18)17-13-7-3-5-11(13)15(19)20/h1-2,4,6,11,13H,3,5,7-9,16H2,(H,17,18)(H,19,20). The van der Waals surface area contributed by atoms with Gasteiger partial charge in [-0.3, -0.25) is 9.59 Å². The van der Waals surface area contributed by atoms with Gasteiger partial charge in [-0.25, -0.2) is 0 Å². The van der Waals surface area contributed by atoms with Crippen molar-refractivity contribution in [1.82, 2.24) is 5.32 Å². The number of hydrogen-bond acceptors (Lipinski definition) is 3. The van der Waals surface area contributed by atoms with E-state index in [0.717, 1.165) is 18.4 Å². The van der Waals surface area contributed by atoms with E-state index >= 15 is 0 Å². The monoisotopic (exact) mass is 276 g/mol. The van der Waals surface area contributed by atoms with Crippen molar-refractivity contribution in [3.8, 4) is 0 Å². The number of carbonyl (C=O) groups excluding carboxylic acids is 1. The molecule has 0 saturated heterocycles. The van der Waals surface area contributed by atoms with E-state index in [1.54, 1.807) is 0 Å². The largest absolute Gasteiger partial charge is 0.481 e. The number of benzene rings is 1.